The largest absolute Gasteiger partial charge is 0.545 e. The van der Waals surface area contributed by atoms with Crippen LogP contribution in [0.3, 0.4) is 0 Å². The number of nitrogens with zero attached hydrogens (tertiary/aromatic N) is 1. The fourth-order valence-corrected chi connectivity index (χ4v) is 0.844. The highest BCUT2D eigenvalue weighted by molar-refractivity contribution is 5.88. The Morgan fingerprint density at radius 2 is 2.08 bits per heavy atom. The van der Waals surface area contributed by atoms with Crippen molar-refractivity contribution in [2.45, 2.75) is 0 Å². The summed E-state index contributed by atoms with van der Waals surface area (Å²) in [5.74, 6) is -1.41. The summed E-state index contributed by atoms with van der Waals surface area (Å²) in [4.78, 5) is 10.4. The highest BCUT2D eigenvalue weighted by Gasteiger charge is 2.05. The van der Waals surface area contributed by atoms with E-state index in [1.165, 1.54) is 12.1 Å². The van der Waals surface area contributed by atoms with E-state index in [9.17, 15) is 9.90 Å². The van der Waals surface area contributed by atoms with Crippen molar-refractivity contribution in [3.8, 4) is 0 Å². The number of carboxylic acids is 1. The van der Waals surface area contributed by atoms with Gasteiger partial charge in [-0.15, -0.1) is 5.23 Å². The first-order valence-electron chi connectivity index (χ1n) is 3.31. The number of carboxylic acid groups (broad SMARTS) is 1. The van der Waals surface area contributed by atoms with Crippen molar-refractivity contribution in [3.05, 3.63) is 23.8 Å². The molecule has 0 saturated carbocycles. The molecule has 6 nitrogen and oxygen atoms in total. The number of anilines is 2. The van der Waals surface area contributed by atoms with E-state index < -0.39 is 5.97 Å². The third-order valence-electron chi connectivity index (χ3n) is 1.48. The summed E-state index contributed by atoms with van der Waals surface area (Å²) in [5.41, 5.74) is 4.98. The molecule has 0 radical (unpaired) electrons. The number of carbonyl (C=O) groups excluding carboxylic acids is 1. The van der Waals surface area contributed by atoms with E-state index in [4.69, 9.17) is 16.1 Å². The molecule has 70 valence electrons. The third kappa shape index (κ3) is 1.86. The number of rotatable bonds is 2. The molecule has 0 bridgehead atoms. The Labute approximate surface area is 73.3 Å². The van der Waals surface area contributed by atoms with Crippen LogP contribution in [0.4, 0.5) is 11.4 Å². The van der Waals surface area contributed by atoms with Crippen molar-refractivity contribution in [2.24, 2.45) is 0 Å². The van der Waals surface area contributed by atoms with Crippen molar-refractivity contribution in [2.75, 3.05) is 11.0 Å². The topological polar surface area (TPSA) is 110 Å². The number of nitrogens with two attached hydrogens (primary N) is 1. The fraction of sp³-hybridized carbons (Fsp3) is 0. The molecule has 0 fully saturated rings. The van der Waals surface area contributed by atoms with Crippen LogP contribution in [0.5, 0.6) is 0 Å². The molecule has 0 aliphatic heterocycles. The van der Waals surface area contributed by atoms with Gasteiger partial charge in [0.2, 0.25) is 0 Å². The number of aromatic carboxylic acids is 1. The van der Waals surface area contributed by atoms with Gasteiger partial charge < -0.3 is 15.6 Å². The monoisotopic (exact) mass is 183 g/mol. The SMILES string of the molecule is Nc1ccc(C(=O)[O-])cc1N(O)O. The molecule has 0 aromatic heterocycles. The lowest BCUT2D eigenvalue weighted by atomic mass is 10.2. The molecule has 6 heteroatoms. The van der Waals surface area contributed by atoms with Gasteiger partial charge in [0.25, 0.3) is 0 Å². The van der Waals surface area contributed by atoms with E-state index in [1.54, 1.807) is 0 Å². The van der Waals surface area contributed by atoms with Crippen LogP contribution in [0.25, 0.3) is 0 Å². The van der Waals surface area contributed by atoms with Crippen LogP contribution < -0.4 is 16.1 Å². The van der Waals surface area contributed by atoms with E-state index in [-0.39, 0.29) is 22.2 Å². The van der Waals surface area contributed by atoms with Crippen LogP contribution >= 0.6 is 0 Å². The van der Waals surface area contributed by atoms with E-state index in [2.05, 4.69) is 0 Å². The molecule has 0 heterocycles. The molecule has 1 aromatic rings. The van der Waals surface area contributed by atoms with E-state index in [1.807, 2.05) is 0 Å². The zero-order valence-electron chi connectivity index (χ0n) is 6.47. The molecule has 0 atom stereocenters. The first-order chi connectivity index (χ1) is 6.02. The van der Waals surface area contributed by atoms with Crippen LogP contribution in [-0.2, 0) is 0 Å². The lowest BCUT2D eigenvalue weighted by molar-refractivity contribution is -0.255. The van der Waals surface area contributed by atoms with E-state index in [0.717, 1.165) is 6.07 Å². The van der Waals surface area contributed by atoms with Gasteiger partial charge in [0, 0.05) is 0 Å². The second-order valence-electron chi connectivity index (χ2n) is 2.35. The number of carbonyl (C=O) groups is 1. The van der Waals surface area contributed by atoms with Gasteiger partial charge in [-0.3, -0.25) is 10.4 Å². The van der Waals surface area contributed by atoms with Gasteiger partial charge in [0.1, 0.15) is 5.69 Å². The molecule has 0 aliphatic carbocycles. The van der Waals surface area contributed by atoms with Gasteiger partial charge >= 0.3 is 0 Å². The number of nitrogen functional groups attached to an aromatic ring is 1. The van der Waals surface area contributed by atoms with Crippen molar-refractivity contribution in [1.82, 2.24) is 0 Å². The zero-order valence-corrected chi connectivity index (χ0v) is 6.47. The van der Waals surface area contributed by atoms with Crippen molar-refractivity contribution >= 4 is 17.3 Å². The lowest BCUT2D eigenvalue weighted by Gasteiger charge is -2.12. The summed E-state index contributed by atoms with van der Waals surface area (Å²) >= 11 is 0. The Kier molecular flexibility index (Phi) is 2.36. The second-order valence-corrected chi connectivity index (χ2v) is 2.35. The van der Waals surface area contributed by atoms with Gasteiger partial charge in [-0.2, -0.15) is 0 Å². The maximum atomic E-state index is 10.4. The zero-order chi connectivity index (χ0) is 10.0. The van der Waals surface area contributed by atoms with Crippen molar-refractivity contribution in [1.29, 1.82) is 0 Å². The molecule has 0 amide bonds. The minimum Gasteiger partial charge on any atom is -0.545 e. The number of hydrogen-bond acceptors (Lipinski definition) is 6. The van der Waals surface area contributed by atoms with Gasteiger partial charge in [-0.1, -0.05) is 6.07 Å². The Balaban J connectivity index is 3.19. The van der Waals surface area contributed by atoms with Crippen LogP contribution in [0.2, 0.25) is 0 Å². The highest BCUT2D eigenvalue weighted by atomic mass is 16.8. The average Bonchev–Trinajstić information content (AvgIpc) is 2.04. The Bertz CT molecular complexity index is 337. The van der Waals surface area contributed by atoms with Crippen LogP contribution in [0, 0.1) is 0 Å². The normalized spacial score (nSPS) is 9.69. The lowest BCUT2D eigenvalue weighted by Crippen LogP contribution is -2.23. The molecular weight excluding hydrogens is 176 g/mol. The smallest absolute Gasteiger partial charge is 0.118 e. The molecule has 1 rings (SSSR count). The fourth-order valence-electron chi connectivity index (χ4n) is 0.844. The summed E-state index contributed by atoms with van der Waals surface area (Å²) in [6, 6.07) is 3.43. The Morgan fingerprint density at radius 1 is 1.46 bits per heavy atom. The van der Waals surface area contributed by atoms with Crippen LogP contribution in [0.15, 0.2) is 18.2 Å². The van der Waals surface area contributed by atoms with E-state index in [0.29, 0.717) is 0 Å². The first-order valence-corrected chi connectivity index (χ1v) is 3.31. The Morgan fingerprint density at radius 3 is 2.54 bits per heavy atom. The van der Waals surface area contributed by atoms with E-state index >= 15 is 0 Å². The first kappa shape index (κ1) is 9.30. The molecule has 0 aliphatic rings. The molecular formula is C7H7N2O4-. The summed E-state index contributed by atoms with van der Waals surface area (Å²) in [6.07, 6.45) is 0. The predicted octanol–water partition coefficient (Wildman–Crippen LogP) is -0.783. The molecule has 1 aromatic carbocycles. The van der Waals surface area contributed by atoms with Gasteiger partial charge in [0.15, 0.2) is 0 Å². The summed E-state index contributed by atoms with van der Waals surface area (Å²) < 4.78 is 0. The van der Waals surface area contributed by atoms with Gasteiger partial charge in [-0.05, 0) is 17.7 Å². The number of benzene rings is 1. The third-order valence-corrected chi connectivity index (χ3v) is 1.48. The Hall–Kier alpha value is -1.79. The maximum Gasteiger partial charge on any atom is 0.118 e. The van der Waals surface area contributed by atoms with Crippen molar-refractivity contribution < 1.29 is 20.3 Å². The van der Waals surface area contributed by atoms with Crippen LogP contribution in [-0.4, -0.2) is 16.4 Å². The summed E-state index contributed by atoms with van der Waals surface area (Å²) in [7, 11) is 0. The van der Waals surface area contributed by atoms with Crippen LogP contribution in [0.1, 0.15) is 10.4 Å². The molecule has 4 N–H and O–H groups in total. The molecule has 13 heavy (non-hydrogen) atoms. The predicted molar refractivity (Wildman–Crippen MR) is 41.2 cm³/mol. The summed E-state index contributed by atoms with van der Waals surface area (Å²) in [5, 5.41) is 27.3. The van der Waals surface area contributed by atoms with Gasteiger partial charge in [0.05, 0.1) is 11.7 Å². The minimum absolute atomic E-state index is 0.0509. The summed E-state index contributed by atoms with van der Waals surface area (Å²) in [6.45, 7) is 0. The van der Waals surface area contributed by atoms with Crippen molar-refractivity contribution in [3.63, 3.8) is 0 Å². The second kappa shape index (κ2) is 3.30. The molecule has 0 unspecified atom stereocenters. The minimum atomic E-state index is -1.41. The standard InChI is InChI=1S/C7H8N2O4/c8-5-2-1-4(7(10)11)3-6(5)9(12)13/h1-3,12-13H,8H2,(H,10,11)/p-1. The average molecular weight is 183 g/mol. The van der Waals surface area contributed by atoms with Gasteiger partial charge in [-0.25, -0.2) is 0 Å². The molecule has 0 spiro atoms. The highest BCUT2D eigenvalue weighted by Crippen LogP contribution is 2.21. The number of hydrogen-bond donors (Lipinski definition) is 3. The maximum absolute atomic E-state index is 10.4. The quantitative estimate of drug-likeness (QED) is 0.409. The molecule has 0 saturated heterocycles.